The molecule has 0 saturated carbocycles. The van der Waals surface area contributed by atoms with E-state index in [4.69, 9.17) is 9.52 Å². The third-order valence-electron chi connectivity index (χ3n) is 3.96. The van der Waals surface area contributed by atoms with Crippen molar-refractivity contribution >= 4 is 22.8 Å². The van der Waals surface area contributed by atoms with Crippen LogP contribution in [0.25, 0.3) is 11.0 Å². The Hall–Kier alpha value is -2.56. The lowest BCUT2D eigenvalue weighted by Gasteiger charge is -2.21. The monoisotopic (exact) mass is 299 g/mol. The number of furan rings is 1. The van der Waals surface area contributed by atoms with Gasteiger partial charge in [0.05, 0.1) is 12.7 Å². The first-order valence-corrected chi connectivity index (χ1v) is 7.13. The molecule has 0 radical (unpaired) electrons. The van der Waals surface area contributed by atoms with Gasteiger partial charge in [-0.1, -0.05) is 18.2 Å². The Morgan fingerprint density at radius 3 is 2.86 bits per heavy atom. The van der Waals surface area contributed by atoms with Crippen molar-refractivity contribution in [3.05, 3.63) is 47.2 Å². The summed E-state index contributed by atoms with van der Waals surface area (Å²) in [6.45, 7) is 4.31. The van der Waals surface area contributed by atoms with E-state index in [-0.39, 0.29) is 12.3 Å². The molecule has 1 amide bonds. The highest BCUT2D eigenvalue weighted by atomic mass is 16.4. The van der Waals surface area contributed by atoms with Crippen molar-refractivity contribution in [1.82, 2.24) is 4.90 Å². The summed E-state index contributed by atoms with van der Waals surface area (Å²) in [7, 11) is 0. The Balaban J connectivity index is 1.88. The van der Waals surface area contributed by atoms with Crippen LogP contribution in [0.15, 0.2) is 35.0 Å². The van der Waals surface area contributed by atoms with Crippen LogP contribution in [0.2, 0.25) is 0 Å². The Morgan fingerprint density at radius 1 is 1.36 bits per heavy atom. The number of nitrogens with zero attached hydrogens (tertiary/aromatic N) is 1. The van der Waals surface area contributed by atoms with Gasteiger partial charge in [-0.15, -0.1) is 0 Å². The maximum Gasteiger partial charge on any atom is 0.330 e. The SMILES string of the molecule is Cc1cc(C)c2c(CC(=O)N3CC=CC3C(=O)O)coc2c1. The molecule has 0 fully saturated rings. The number of hydrogen-bond donors (Lipinski definition) is 1. The largest absolute Gasteiger partial charge is 0.479 e. The summed E-state index contributed by atoms with van der Waals surface area (Å²) >= 11 is 0. The van der Waals surface area contributed by atoms with E-state index in [2.05, 4.69) is 0 Å². The number of hydrogen-bond acceptors (Lipinski definition) is 3. The minimum atomic E-state index is -1.01. The van der Waals surface area contributed by atoms with Gasteiger partial charge in [-0.3, -0.25) is 4.79 Å². The van der Waals surface area contributed by atoms with Crippen LogP contribution < -0.4 is 0 Å². The van der Waals surface area contributed by atoms with Crippen LogP contribution in [-0.2, 0) is 16.0 Å². The van der Waals surface area contributed by atoms with Crippen molar-refractivity contribution in [3.63, 3.8) is 0 Å². The summed E-state index contributed by atoms with van der Waals surface area (Å²) in [6, 6.07) is 3.12. The Labute approximate surface area is 127 Å². The van der Waals surface area contributed by atoms with Crippen LogP contribution in [0.1, 0.15) is 16.7 Å². The lowest BCUT2D eigenvalue weighted by Crippen LogP contribution is -2.41. The average Bonchev–Trinajstić information content (AvgIpc) is 3.05. The maximum absolute atomic E-state index is 12.4. The van der Waals surface area contributed by atoms with Gasteiger partial charge >= 0.3 is 5.97 Å². The lowest BCUT2D eigenvalue weighted by molar-refractivity contribution is -0.146. The van der Waals surface area contributed by atoms with E-state index in [9.17, 15) is 9.59 Å². The topological polar surface area (TPSA) is 70.8 Å². The van der Waals surface area contributed by atoms with Crippen LogP contribution in [0.4, 0.5) is 0 Å². The third-order valence-corrected chi connectivity index (χ3v) is 3.96. The Bertz CT molecular complexity index is 787. The maximum atomic E-state index is 12.4. The fourth-order valence-corrected chi connectivity index (χ4v) is 3.01. The molecule has 3 rings (SSSR count). The molecular formula is C17H17NO4. The highest BCUT2D eigenvalue weighted by Crippen LogP contribution is 2.27. The van der Waals surface area contributed by atoms with Gasteiger partial charge in [0.2, 0.25) is 5.91 Å². The van der Waals surface area contributed by atoms with Crippen molar-refractivity contribution in [2.45, 2.75) is 26.3 Å². The van der Waals surface area contributed by atoms with Gasteiger partial charge in [0.25, 0.3) is 0 Å². The molecule has 114 valence electrons. The summed E-state index contributed by atoms with van der Waals surface area (Å²) in [4.78, 5) is 25.0. The van der Waals surface area contributed by atoms with Crippen LogP contribution in [0.3, 0.4) is 0 Å². The number of carboxylic acid groups (broad SMARTS) is 1. The number of rotatable bonds is 3. The number of carbonyl (C=O) groups excluding carboxylic acids is 1. The molecule has 1 aromatic heterocycles. The molecule has 1 atom stereocenters. The molecular weight excluding hydrogens is 282 g/mol. The molecule has 0 bridgehead atoms. The third kappa shape index (κ3) is 2.39. The van der Waals surface area contributed by atoms with E-state index < -0.39 is 12.0 Å². The normalized spacial score (nSPS) is 17.4. The summed E-state index contributed by atoms with van der Waals surface area (Å²) in [5.74, 6) is -1.22. The molecule has 0 saturated heterocycles. The second-order valence-corrected chi connectivity index (χ2v) is 5.65. The summed E-state index contributed by atoms with van der Waals surface area (Å²) in [5.41, 5.74) is 3.72. The van der Waals surface area contributed by atoms with E-state index in [1.807, 2.05) is 26.0 Å². The zero-order valence-electron chi connectivity index (χ0n) is 12.5. The first-order chi connectivity index (χ1) is 10.5. The number of amides is 1. The summed E-state index contributed by atoms with van der Waals surface area (Å²) in [5, 5.41) is 10.1. The number of benzene rings is 1. The minimum Gasteiger partial charge on any atom is -0.479 e. The van der Waals surface area contributed by atoms with Gasteiger partial charge in [0, 0.05) is 17.5 Å². The molecule has 5 nitrogen and oxygen atoms in total. The second-order valence-electron chi connectivity index (χ2n) is 5.65. The van der Waals surface area contributed by atoms with Crippen LogP contribution in [0.5, 0.6) is 0 Å². The van der Waals surface area contributed by atoms with E-state index in [1.54, 1.807) is 18.4 Å². The molecule has 1 aromatic carbocycles. The standard InChI is InChI=1S/C17H17NO4/c1-10-6-11(2)16-12(9-22-14(16)7-10)8-15(19)18-5-3-4-13(18)17(20)21/h3-4,6-7,9,13H,5,8H2,1-2H3,(H,20,21). The first kappa shape index (κ1) is 14.4. The molecule has 0 spiro atoms. The van der Waals surface area contributed by atoms with Crippen LogP contribution in [0, 0.1) is 13.8 Å². The van der Waals surface area contributed by atoms with Gasteiger partial charge in [-0.05, 0) is 31.0 Å². The first-order valence-electron chi connectivity index (χ1n) is 7.13. The van der Waals surface area contributed by atoms with Crippen molar-refractivity contribution < 1.29 is 19.1 Å². The fourth-order valence-electron chi connectivity index (χ4n) is 3.01. The molecule has 22 heavy (non-hydrogen) atoms. The predicted molar refractivity (Wildman–Crippen MR) is 81.7 cm³/mol. The predicted octanol–water partition coefficient (Wildman–Crippen LogP) is 2.44. The van der Waals surface area contributed by atoms with Crippen LogP contribution in [-0.4, -0.2) is 34.5 Å². The molecule has 1 aliphatic rings. The average molecular weight is 299 g/mol. The molecule has 1 N–H and O–H groups in total. The molecule has 0 aliphatic carbocycles. The fraction of sp³-hybridized carbons (Fsp3) is 0.294. The number of aryl methyl sites for hydroxylation is 2. The number of carboxylic acids is 1. The smallest absolute Gasteiger partial charge is 0.330 e. The van der Waals surface area contributed by atoms with Crippen molar-refractivity contribution in [2.24, 2.45) is 0 Å². The van der Waals surface area contributed by atoms with Crippen molar-refractivity contribution in [1.29, 1.82) is 0 Å². The Morgan fingerprint density at radius 2 is 2.14 bits per heavy atom. The summed E-state index contributed by atoms with van der Waals surface area (Å²) in [6.07, 6.45) is 4.98. The molecule has 1 aliphatic heterocycles. The molecule has 5 heteroatoms. The number of fused-ring (bicyclic) bond motifs is 1. The zero-order valence-corrected chi connectivity index (χ0v) is 12.5. The van der Waals surface area contributed by atoms with Gasteiger partial charge in [0.15, 0.2) is 0 Å². The van der Waals surface area contributed by atoms with E-state index >= 15 is 0 Å². The highest BCUT2D eigenvalue weighted by molar-refractivity contribution is 5.92. The zero-order chi connectivity index (χ0) is 15.9. The summed E-state index contributed by atoms with van der Waals surface area (Å²) < 4.78 is 5.55. The highest BCUT2D eigenvalue weighted by Gasteiger charge is 2.30. The Kier molecular flexibility index (Phi) is 3.48. The van der Waals surface area contributed by atoms with Crippen molar-refractivity contribution in [2.75, 3.05) is 6.54 Å². The minimum absolute atomic E-state index is 0.141. The van der Waals surface area contributed by atoms with Gasteiger partial charge < -0.3 is 14.4 Å². The van der Waals surface area contributed by atoms with Crippen molar-refractivity contribution in [3.8, 4) is 0 Å². The number of carbonyl (C=O) groups is 2. The van der Waals surface area contributed by atoms with E-state index in [0.29, 0.717) is 6.54 Å². The van der Waals surface area contributed by atoms with Crippen LogP contribution >= 0.6 is 0 Å². The molecule has 1 unspecified atom stereocenters. The second kappa shape index (κ2) is 5.33. The van der Waals surface area contributed by atoms with Gasteiger partial charge in [-0.25, -0.2) is 4.79 Å². The van der Waals surface area contributed by atoms with E-state index in [0.717, 1.165) is 27.7 Å². The van der Waals surface area contributed by atoms with E-state index in [1.165, 1.54) is 4.90 Å². The van der Waals surface area contributed by atoms with Gasteiger partial charge in [0.1, 0.15) is 11.6 Å². The van der Waals surface area contributed by atoms with Gasteiger partial charge in [-0.2, -0.15) is 0 Å². The quantitative estimate of drug-likeness (QED) is 0.884. The molecule has 2 aromatic rings. The number of aliphatic carboxylic acids is 1. The molecule has 2 heterocycles. The lowest BCUT2D eigenvalue weighted by atomic mass is 10.0.